The fraction of sp³-hybridized carbons (Fsp3) is 0.333. The SMILES string of the molecule is C=CCCCOC(=O)c1ccc(C(=O)OCCCC=C)cc1. The van der Waals surface area contributed by atoms with Crippen LogP contribution in [-0.4, -0.2) is 25.2 Å². The van der Waals surface area contributed by atoms with Crippen LogP contribution in [-0.2, 0) is 9.47 Å². The van der Waals surface area contributed by atoms with Gasteiger partial charge in [-0.15, -0.1) is 13.2 Å². The molecule has 1 aromatic rings. The van der Waals surface area contributed by atoms with Gasteiger partial charge in [0, 0.05) is 0 Å². The number of hydrogen-bond acceptors (Lipinski definition) is 4. The van der Waals surface area contributed by atoms with E-state index in [1.807, 2.05) is 0 Å². The topological polar surface area (TPSA) is 52.6 Å². The Balaban J connectivity index is 2.44. The number of unbranched alkanes of at least 4 members (excludes halogenated alkanes) is 2. The zero-order valence-corrected chi connectivity index (χ0v) is 12.8. The van der Waals surface area contributed by atoms with Gasteiger partial charge in [-0.3, -0.25) is 0 Å². The van der Waals surface area contributed by atoms with E-state index in [2.05, 4.69) is 13.2 Å². The molecule has 1 rings (SSSR count). The molecule has 0 fully saturated rings. The van der Waals surface area contributed by atoms with Gasteiger partial charge in [0.2, 0.25) is 0 Å². The van der Waals surface area contributed by atoms with Crippen LogP contribution in [0, 0.1) is 0 Å². The summed E-state index contributed by atoms with van der Waals surface area (Å²) in [5.41, 5.74) is 0.837. The van der Waals surface area contributed by atoms with Crippen molar-refractivity contribution < 1.29 is 19.1 Å². The zero-order valence-electron chi connectivity index (χ0n) is 12.8. The molecule has 0 bridgehead atoms. The summed E-state index contributed by atoms with van der Waals surface area (Å²) in [7, 11) is 0. The van der Waals surface area contributed by atoms with Gasteiger partial charge in [0.1, 0.15) is 0 Å². The van der Waals surface area contributed by atoms with Crippen LogP contribution < -0.4 is 0 Å². The number of carbonyl (C=O) groups excluding carboxylic acids is 2. The normalized spacial score (nSPS) is 9.82. The molecule has 0 saturated heterocycles. The molecule has 0 unspecified atom stereocenters. The number of esters is 2. The third-order valence-corrected chi connectivity index (χ3v) is 2.93. The van der Waals surface area contributed by atoms with Crippen molar-refractivity contribution in [2.45, 2.75) is 25.7 Å². The second kappa shape index (κ2) is 10.4. The highest BCUT2D eigenvalue weighted by molar-refractivity contribution is 5.93. The van der Waals surface area contributed by atoms with E-state index < -0.39 is 11.9 Å². The van der Waals surface area contributed by atoms with E-state index in [0.29, 0.717) is 24.3 Å². The van der Waals surface area contributed by atoms with Crippen LogP contribution in [0.25, 0.3) is 0 Å². The van der Waals surface area contributed by atoms with Gasteiger partial charge in [0.25, 0.3) is 0 Å². The second-order valence-electron chi connectivity index (χ2n) is 4.71. The van der Waals surface area contributed by atoms with Crippen LogP contribution in [0.3, 0.4) is 0 Å². The van der Waals surface area contributed by atoms with Gasteiger partial charge in [0.05, 0.1) is 24.3 Å². The first kappa shape index (κ1) is 17.7. The smallest absolute Gasteiger partial charge is 0.338 e. The number of carbonyl (C=O) groups is 2. The summed E-state index contributed by atoms with van der Waals surface area (Å²) in [4.78, 5) is 23.5. The molecule has 0 aliphatic carbocycles. The Labute approximate surface area is 131 Å². The van der Waals surface area contributed by atoms with E-state index in [1.165, 1.54) is 0 Å². The van der Waals surface area contributed by atoms with Crippen molar-refractivity contribution in [1.29, 1.82) is 0 Å². The lowest BCUT2D eigenvalue weighted by molar-refractivity contribution is 0.0487. The van der Waals surface area contributed by atoms with Crippen molar-refractivity contribution >= 4 is 11.9 Å². The Hall–Kier alpha value is -2.36. The molecule has 4 heteroatoms. The Morgan fingerprint density at radius 1 is 0.818 bits per heavy atom. The summed E-state index contributed by atoms with van der Waals surface area (Å²) in [6.45, 7) is 7.93. The lowest BCUT2D eigenvalue weighted by atomic mass is 10.1. The molecule has 22 heavy (non-hydrogen) atoms. The van der Waals surface area contributed by atoms with Crippen LogP contribution in [0.15, 0.2) is 49.6 Å². The lowest BCUT2D eigenvalue weighted by Gasteiger charge is -2.06. The van der Waals surface area contributed by atoms with E-state index in [1.54, 1.807) is 36.4 Å². The van der Waals surface area contributed by atoms with Crippen LogP contribution in [0.4, 0.5) is 0 Å². The van der Waals surface area contributed by atoms with Crippen LogP contribution >= 0.6 is 0 Å². The van der Waals surface area contributed by atoms with Crippen molar-refractivity contribution in [2.75, 3.05) is 13.2 Å². The average molecular weight is 302 g/mol. The number of rotatable bonds is 10. The summed E-state index contributed by atoms with van der Waals surface area (Å²) in [6, 6.07) is 6.26. The molecule has 0 radical (unpaired) electrons. The summed E-state index contributed by atoms with van der Waals surface area (Å²) in [5, 5.41) is 0. The highest BCUT2D eigenvalue weighted by Crippen LogP contribution is 2.08. The van der Waals surface area contributed by atoms with Gasteiger partial charge in [-0.1, -0.05) is 12.2 Å². The van der Waals surface area contributed by atoms with Crippen molar-refractivity contribution in [3.8, 4) is 0 Å². The molecule has 0 saturated carbocycles. The Morgan fingerprint density at radius 2 is 1.18 bits per heavy atom. The Morgan fingerprint density at radius 3 is 1.50 bits per heavy atom. The lowest BCUT2D eigenvalue weighted by Crippen LogP contribution is -2.09. The first-order chi connectivity index (χ1) is 10.7. The molecular formula is C18H22O4. The molecule has 0 aliphatic rings. The average Bonchev–Trinajstić information content (AvgIpc) is 2.55. The van der Waals surface area contributed by atoms with Crippen LogP contribution in [0.5, 0.6) is 0 Å². The molecule has 0 atom stereocenters. The number of allylic oxidation sites excluding steroid dienone is 2. The van der Waals surface area contributed by atoms with E-state index in [9.17, 15) is 9.59 Å². The molecule has 0 N–H and O–H groups in total. The Kier molecular flexibility index (Phi) is 8.35. The monoisotopic (exact) mass is 302 g/mol. The number of ether oxygens (including phenoxy) is 2. The molecule has 4 nitrogen and oxygen atoms in total. The molecule has 0 heterocycles. The largest absolute Gasteiger partial charge is 0.462 e. The minimum atomic E-state index is -0.394. The maximum Gasteiger partial charge on any atom is 0.338 e. The van der Waals surface area contributed by atoms with Crippen molar-refractivity contribution in [2.24, 2.45) is 0 Å². The minimum absolute atomic E-state index is 0.359. The van der Waals surface area contributed by atoms with Crippen molar-refractivity contribution in [1.82, 2.24) is 0 Å². The van der Waals surface area contributed by atoms with Crippen molar-refractivity contribution in [3.05, 3.63) is 60.7 Å². The van der Waals surface area contributed by atoms with Gasteiger partial charge in [-0.2, -0.15) is 0 Å². The standard InChI is InChI=1S/C18H22O4/c1-3-5-7-13-21-17(19)15-9-11-16(12-10-15)18(20)22-14-8-6-4-2/h3-4,9-12H,1-2,5-8,13-14H2. The quantitative estimate of drug-likeness (QED) is 0.373. The van der Waals surface area contributed by atoms with Gasteiger partial charge in [-0.25, -0.2) is 9.59 Å². The van der Waals surface area contributed by atoms with Crippen LogP contribution in [0.2, 0.25) is 0 Å². The molecule has 0 spiro atoms. The third kappa shape index (κ3) is 6.39. The first-order valence-corrected chi connectivity index (χ1v) is 7.35. The predicted octanol–water partition coefficient (Wildman–Crippen LogP) is 3.93. The van der Waals surface area contributed by atoms with Gasteiger partial charge < -0.3 is 9.47 Å². The molecular weight excluding hydrogens is 280 g/mol. The van der Waals surface area contributed by atoms with E-state index in [4.69, 9.17) is 9.47 Å². The van der Waals surface area contributed by atoms with E-state index in [0.717, 1.165) is 25.7 Å². The second-order valence-corrected chi connectivity index (χ2v) is 4.71. The maximum absolute atomic E-state index is 11.8. The predicted molar refractivity (Wildman–Crippen MR) is 85.9 cm³/mol. The molecule has 0 amide bonds. The fourth-order valence-electron chi connectivity index (χ4n) is 1.69. The zero-order chi connectivity index (χ0) is 16.2. The fourth-order valence-corrected chi connectivity index (χ4v) is 1.69. The molecule has 0 aromatic heterocycles. The molecule has 1 aromatic carbocycles. The maximum atomic E-state index is 11.8. The number of benzene rings is 1. The van der Waals surface area contributed by atoms with Crippen LogP contribution in [0.1, 0.15) is 46.4 Å². The van der Waals surface area contributed by atoms with E-state index >= 15 is 0 Å². The summed E-state index contributed by atoms with van der Waals surface area (Å²) in [5.74, 6) is -0.787. The molecule has 118 valence electrons. The van der Waals surface area contributed by atoms with E-state index in [-0.39, 0.29) is 0 Å². The summed E-state index contributed by atoms with van der Waals surface area (Å²) in [6.07, 6.45) is 6.69. The summed E-state index contributed by atoms with van der Waals surface area (Å²) >= 11 is 0. The Bertz CT molecular complexity index is 455. The van der Waals surface area contributed by atoms with Gasteiger partial charge in [0.15, 0.2) is 0 Å². The van der Waals surface area contributed by atoms with Gasteiger partial charge >= 0.3 is 11.9 Å². The number of hydrogen-bond donors (Lipinski definition) is 0. The van der Waals surface area contributed by atoms with Crippen molar-refractivity contribution in [3.63, 3.8) is 0 Å². The third-order valence-electron chi connectivity index (χ3n) is 2.93. The first-order valence-electron chi connectivity index (χ1n) is 7.35. The highest BCUT2D eigenvalue weighted by Gasteiger charge is 2.10. The highest BCUT2D eigenvalue weighted by atomic mass is 16.5. The minimum Gasteiger partial charge on any atom is -0.462 e. The summed E-state index contributed by atoms with van der Waals surface area (Å²) < 4.78 is 10.2. The van der Waals surface area contributed by atoms with Gasteiger partial charge in [-0.05, 0) is 49.9 Å². The molecule has 0 aliphatic heterocycles.